The molecule has 0 bridgehead atoms. The molecule has 0 spiro atoms. The summed E-state index contributed by atoms with van der Waals surface area (Å²) < 4.78 is 6.53. The number of para-hydroxylation sites is 1. The number of nitrogens with zero attached hydrogens (tertiary/aromatic N) is 1. The number of nitrogens with one attached hydrogen (secondary N) is 1. The van der Waals surface area contributed by atoms with Crippen molar-refractivity contribution in [3.63, 3.8) is 0 Å². The van der Waals surface area contributed by atoms with Crippen molar-refractivity contribution in [2.75, 3.05) is 11.9 Å². The number of benzene rings is 3. The Balaban J connectivity index is 1.52. The molecule has 4 rings (SSSR count). The molecule has 1 heterocycles. The minimum Gasteiger partial charge on any atom is -0.484 e. The highest BCUT2D eigenvalue weighted by molar-refractivity contribution is 7.23. The average Bonchev–Trinajstić information content (AvgIpc) is 3.04. The first-order valence-corrected chi connectivity index (χ1v) is 8.37. The monoisotopic (exact) mass is 334 g/mol. The van der Waals surface area contributed by atoms with Gasteiger partial charge in [-0.25, -0.2) is 4.98 Å². The SMILES string of the molecule is O=C(COc1ccccc1)Nc1nc2ccc3ccccc3c2s1. The molecule has 0 radical (unpaired) electrons. The Morgan fingerprint density at radius 1 is 1.00 bits per heavy atom. The number of ether oxygens (including phenoxy) is 1. The Bertz CT molecular complexity index is 1010. The zero-order valence-corrected chi connectivity index (χ0v) is 13.5. The van der Waals surface area contributed by atoms with Crippen molar-refractivity contribution in [2.45, 2.75) is 0 Å². The molecule has 5 heteroatoms. The smallest absolute Gasteiger partial charge is 0.264 e. The third-order valence-corrected chi connectivity index (χ3v) is 4.66. The standard InChI is InChI=1S/C19H14N2O2S/c22-17(12-23-14-7-2-1-3-8-14)21-19-20-16-11-10-13-6-4-5-9-15(13)18(16)24-19/h1-11H,12H2,(H,20,21,22). The highest BCUT2D eigenvalue weighted by atomic mass is 32.1. The number of thiazole rings is 1. The van der Waals surface area contributed by atoms with Gasteiger partial charge in [0.2, 0.25) is 0 Å². The summed E-state index contributed by atoms with van der Waals surface area (Å²) in [6, 6.07) is 21.4. The van der Waals surface area contributed by atoms with Crippen LogP contribution in [0.15, 0.2) is 66.7 Å². The first-order valence-electron chi connectivity index (χ1n) is 7.55. The molecule has 0 atom stereocenters. The fourth-order valence-corrected chi connectivity index (χ4v) is 3.55. The minimum absolute atomic E-state index is 0.0410. The lowest BCUT2D eigenvalue weighted by atomic mass is 10.1. The van der Waals surface area contributed by atoms with E-state index in [1.54, 1.807) is 0 Å². The van der Waals surface area contributed by atoms with Crippen molar-refractivity contribution in [1.29, 1.82) is 0 Å². The summed E-state index contributed by atoms with van der Waals surface area (Å²) in [5.41, 5.74) is 0.887. The van der Waals surface area contributed by atoms with Crippen LogP contribution in [0.1, 0.15) is 0 Å². The number of anilines is 1. The molecule has 0 saturated carbocycles. The van der Waals surface area contributed by atoms with Crippen molar-refractivity contribution in [2.24, 2.45) is 0 Å². The Morgan fingerprint density at radius 2 is 1.79 bits per heavy atom. The average molecular weight is 334 g/mol. The summed E-state index contributed by atoms with van der Waals surface area (Å²) in [6.45, 7) is -0.0410. The molecule has 1 N–H and O–H groups in total. The largest absolute Gasteiger partial charge is 0.484 e. The van der Waals surface area contributed by atoms with Gasteiger partial charge in [0.15, 0.2) is 11.7 Å². The van der Waals surface area contributed by atoms with Gasteiger partial charge in [0.1, 0.15) is 5.75 Å². The van der Waals surface area contributed by atoms with Crippen LogP contribution in [0, 0.1) is 0 Å². The Morgan fingerprint density at radius 3 is 2.67 bits per heavy atom. The molecule has 0 fully saturated rings. The second kappa shape index (κ2) is 6.29. The van der Waals surface area contributed by atoms with E-state index >= 15 is 0 Å². The highest BCUT2D eigenvalue weighted by Gasteiger charge is 2.10. The molecule has 24 heavy (non-hydrogen) atoms. The van der Waals surface area contributed by atoms with E-state index in [4.69, 9.17) is 4.74 Å². The van der Waals surface area contributed by atoms with Crippen LogP contribution in [0.25, 0.3) is 21.0 Å². The van der Waals surface area contributed by atoms with E-state index in [0.717, 1.165) is 15.6 Å². The van der Waals surface area contributed by atoms with E-state index in [1.165, 1.54) is 16.7 Å². The summed E-state index contributed by atoms with van der Waals surface area (Å²) >= 11 is 1.48. The molecular weight excluding hydrogens is 320 g/mol. The van der Waals surface area contributed by atoms with Crippen molar-refractivity contribution in [3.8, 4) is 5.75 Å². The van der Waals surface area contributed by atoms with Crippen LogP contribution in [0.5, 0.6) is 5.75 Å². The maximum atomic E-state index is 12.1. The minimum atomic E-state index is -0.220. The van der Waals surface area contributed by atoms with Crippen molar-refractivity contribution in [1.82, 2.24) is 4.98 Å². The third kappa shape index (κ3) is 2.94. The number of carbonyl (C=O) groups is 1. The zero-order valence-electron chi connectivity index (χ0n) is 12.7. The molecule has 4 nitrogen and oxygen atoms in total. The van der Waals surface area contributed by atoms with E-state index in [1.807, 2.05) is 54.6 Å². The van der Waals surface area contributed by atoms with E-state index < -0.39 is 0 Å². The second-order valence-electron chi connectivity index (χ2n) is 5.30. The lowest BCUT2D eigenvalue weighted by Crippen LogP contribution is -2.19. The van der Waals surface area contributed by atoms with Gasteiger partial charge >= 0.3 is 0 Å². The van der Waals surface area contributed by atoms with Gasteiger partial charge in [-0.1, -0.05) is 59.9 Å². The molecule has 1 amide bonds. The number of hydrogen-bond acceptors (Lipinski definition) is 4. The third-order valence-electron chi connectivity index (χ3n) is 3.64. The molecule has 1 aromatic heterocycles. The summed E-state index contributed by atoms with van der Waals surface area (Å²) in [5.74, 6) is 0.449. The first-order chi connectivity index (χ1) is 11.8. The molecule has 0 saturated heterocycles. The number of rotatable bonds is 4. The summed E-state index contributed by atoms with van der Waals surface area (Å²) in [7, 11) is 0. The van der Waals surface area contributed by atoms with Crippen LogP contribution < -0.4 is 10.1 Å². The van der Waals surface area contributed by atoms with Crippen LogP contribution in [-0.4, -0.2) is 17.5 Å². The molecule has 118 valence electrons. The highest BCUT2D eigenvalue weighted by Crippen LogP contribution is 2.32. The molecule has 0 aliphatic heterocycles. The van der Waals surface area contributed by atoms with Crippen LogP contribution in [0.4, 0.5) is 5.13 Å². The van der Waals surface area contributed by atoms with Gasteiger partial charge in [-0.05, 0) is 23.6 Å². The normalized spacial score (nSPS) is 10.8. The number of fused-ring (bicyclic) bond motifs is 3. The number of aromatic nitrogens is 1. The lowest BCUT2D eigenvalue weighted by molar-refractivity contribution is -0.118. The van der Waals surface area contributed by atoms with Gasteiger partial charge in [-0.15, -0.1) is 0 Å². The number of hydrogen-bond donors (Lipinski definition) is 1. The fourth-order valence-electron chi connectivity index (χ4n) is 2.53. The van der Waals surface area contributed by atoms with Crippen LogP contribution in [-0.2, 0) is 4.79 Å². The molecule has 3 aromatic carbocycles. The van der Waals surface area contributed by atoms with Gasteiger partial charge in [0.05, 0.1) is 10.2 Å². The molecule has 0 unspecified atom stereocenters. The van der Waals surface area contributed by atoms with Crippen molar-refractivity contribution < 1.29 is 9.53 Å². The van der Waals surface area contributed by atoms with Gasteiger partial charge in [-0.2, -0.15) is 0 Å². The summed E-state index contributed by atoms with van der Waals surface area (Å²) in [4.78, 5) is 16.5. The Hall–Kier alpha value is -2.92. The van der Waals surface area contributed by atoms with Gasteiger partial charge in [0.25, 0.3) is 5.91 Å². The molecular formula is C19H14N2O2S. The van der Waals surface area contributed by atoms with Gasteiger partial charge in [0, 0.05) is 5.39 Å². The maximum absolute atomic E-state index is 12.1. The van der Waals surface area contributed by atoms with Crippen LogP contribution in [0.3, 0.4) is 0 Å². The summed E-state index contributed by atoms with van der Waals surface area (Å²) in [5, 5.41) is 5.71. The van der Waals surface area contributed by atoms with Crippen LogP contribution in [0.2, 0.25) is 0 Å². The van der Waals surface area contributed by atoms with E-state index in [0.29, 0.717) is 10.9 Å². The fraction of sp³-hybridized carbons (Fsp3) is 0.0526. The van der Waals surface area contributed by atoms with Gasteiger partial charge < -0.3 is 4.74 Å². The first kappa shape index (κ1) is 14.7. The van der Waals surface area contributed by atoms with E-state index in [2.05, 4.69) is 22.4 Å². The topological polar surface area (TPSA) is 51.2 Å². The molecule has 0 aliphatic carbocycles. The van der Waals surface area contributed by atoms with Crippen molar-refractivity contribution >= 4 is 43.4 Å². The number of carbonyl (C=O) groups excluding carboxylic acids is 1. The van der Waals surface area contributed by atoms with Crippen LogP contribution >= 0.6 is 11.3 Å². The van der Waals surface area contributed by atoms with E-state index in [-0.39, 0.29) is 12.5 Å². The quantitative estimate of drug-likeness (QED) is 0.599. The second-order valence-corrected chi connectivity index (χ2v) is 6.30. The lowest BCUT2D eigenvalue weighted by Gasteiger charge is -2.04. The predicted octanol–water partition coefficient (Wildman–Crippen LogP) is 4.47. The van der Waals surface area contributed by atoms with E-state index in [9.17, 15) is 4.79 Å². The molecule has 4 aromatic rings. The predicted molar refractivity (Wildman–Crippen MR) is 97.7 cm³/mol. The Kier molecular flexibility index (Phi) is 3.84. The zero-order chi connectivity index (χ0) is 16.4. The molecule has 0 aliphatic rings. The summed E-state index contributed by atoms with van der Waals surface area (Å²) in [6.07, 6.45) is 0. The van der Waals surface area contributed by atoms with Gasteiger partial charge in [-0.3, -0.25) is 10.1 Å². The van der Waals surface area contributed by atoms with Crippen molar-refractivity contribution in [3.05, 3.63) is 66.7 Å². The Labute approximate surface area is 142 Å². The maximum Gasteiger partial charge on any atom is 0.264 e. The number of amides is 1.